The summed E-state index contributed by atoms with van der Waals surface area (Å²) in [7, 11) is 0. The van der Waals surface area contributed by atoms with Crippen molar-refractivity contribution >= 4 is 61.0 Å². The Morgan fingerprint density at radius 2 is 1.42 bits per heavy atom. The smallest absolute Gasteiger partial charge is 0.136 e. The molecule has 8 aromatic rings. The second-order valence-electron chi connectivity index (χ2n) is 14.2. The Kier molecular flexibility index (Phi) is 8.16. The van der Waals surface area contributed by atoms with E-state index in [0.29, 0.717) is 0 Å². The van der Waals surface area contributed by atoms with Crippen LogP contribution in [0.3, 0.4) is 0 Å². The molecule has 0 aliphatic carbocycles. The number of rotatable bonds is 3. The monoisotopic (exact) mass is 683 g/mol. The minimum absolute atomic E-state index is 0.835. The van der Waals surface area contributed by atoms with Crippen molar-refractivity contribution < 1.29 is 4.42 Å². The standard InChI is InChI=1S/C51H41NO/c1-33-17-15-23-42(50(33)41-29-27-37-19-11-12-21-40(37)35(41)3)39-28-30-48-46(32-39)51-43(24-16-26-49(51)53-48)38-20-10-8-6-5-7-9-18-34(2)52-36(4)45(31-38)44-22-13-14-25-47(44)52/h5-7,9-32H,8H2,1-4H3/b6-5?,9-7-,20-10?,34-18+,38-31+. The molecule has 2 nitrogen and oxygen atoms in total. The number of furan rings is 1. The van der Waals surface area contributed by atoms with Crippen LogP contribution in [0.1, 0.15) is 41.3 Å². The lowest BCUT2D eigenvalue weighted by Crippen LogP contribution is -1.96. The normalized spacial score (nSPS) is 16.2. The van der Waals surface area contributed by atoms with Crippen LogP contribution in [0.4, 0.5) is 0 Å². The predicted octanol–water partition coefficient (Wildman–Crippen LogP) is 14.4. The highest BCUT2D eigenvalue weighted by Crippen LogP contribution is 2.43. The van der Waals surface area contributed by atoms with E-state index in [1.54, 1.807) is 0 Å². The zero-order valence-electron chi connectivity index (χ0n) is 30.7. The molecular weight excluding hydrogens is 643 g/mol. The van der Waals surface area contributed by atoms with Gasteiger partial charge in [0.05, 0.1) is 5.52 Å². The fourth-order valence-corrected chi connectivity index (χ4v) is 8.36. The molecule has 0 saturated heterocycles. The zero-order valence-corrected chi connectivity index (χ0v) is 30.7. The first-order valence-corrected chi connectivity index (χ1v) is 18.5. The highest BCUT2D eigenvalue weighted by Gasteiger charge is 2.19. The maximum absolute atomic E-state index is 6.60. The van der Waals surface area contributed by atoms with E-state index in [1.807, 2.05) is 0 Å². The molecule has 0 amide bonds. The largest absolute Gasteiger partial charge is 0.456 e. The van der Waals surface area contributed by atoms with Crippen LogP contribution in [-0.2, 0) is 0 Å². The molecule has 2 heteroatoms. The summed E-state index contributed by atoms with van der Waals surface area (Å²) < 4.78 is 8.98. The van der Waals surface area contributed by atoms with E-state index >= 15 is 0 Å². The van der Waals surface area contributed by atoms with E-state index in [-0.39, 0.29) is 0 Å². The molecular formula is C51H41NO. The minimum Gasteiger partial charge on any atom is -0.456 e. The van der Waals surface area contributed by atoms with Crippen LogP contribution in [-0.4, -0.2) is 4.57 Å². The summed E-state index contributed by atoms with van der Waals surface area (Å²) in [5.41, 5.74) is 16.4. The lowest BCUT2D eigenvalue weighted by atomic mass is 9.87. The molecule has 2 bridgehead atoms. The first kappa shape index (κ1) is 32.5. The lowest BCUT2D eigenvalue weighted by Gasteiger charge is -2.17. The van der Waals surface area contributed by atoms with Crippen LogP contribution in [0.25, 0.3) is 83.2 Å². The average Bonchev–Trinajstić information content (AvgIpc) is 3.69. The molecule has 6 aromatic carbocycles. The first-order valence-electron chi connectivity index (χ1n) is 18.5. The summed E-state index contributed by atoms with van der Waals surface area (Å²) in [6, 6.07) is 41.8. The molecule has 3 heterocycles. The van der Waals surface area contributed by atoms with Crippen molar-refractivity contribution in [3.8, 4) is 22.3 Å². The Balaban J connectivity index is 1.27. The third-order valence-electron chi connectivity index (χ3n) is 10.9. The molecule has 0 unspecified atom stereocenters. The molecule has 53 heavy (non-hydrogen) atoms. The fourth-order valence-electron chi connectivity index (χ4n) is 8.36. The van der Waals surface area contributed by atoms with Gasteiger partial charge in [0.2, 0.25) is 0 Å². The number of fused-ring (bicyclic) bond motifs is 9. The summed E-state index contributed by atoms with van der Waals surface area (Å²) in [6.45, 7) is 8.90. The van der Waals surface area contributed by atoms with Crippen LogP contribution in [0.2, 0.25) is 0 Å². The number of para-hydroxylation sites is 1. The van der Waals surface area contributed by atoms with Gasteiger partial charge in [-0.05, 0) is 126 Å². The van der Waals surface area contributed by atoms with E-state index < -0.39 is 0 Å². The quantitative estimate of drug-likeness (QED) is 0.181. The van der Waals surface area contributed by atoms with Crippen LogP contribution in [0.15, 0.2) is 162 Å². The lowest BCUT2D eigenvalue weighted by molar-refractivity contribution is 0.669. The van der Waals surface area contributed by atoms with Crippen molar-refractivity contribution in [2.45, 2.75) is 34.1 Å². The number of allylic oxidation sites excluding steroid dienone is 9. The van der Waals surface area contributed by atoms with Crippen molar-refractivity contribution in [2.24, 2.45) is 0 Å². The SMILES string of the molecule is C/C1=C\C=C/C=CCC=C/C(c2cccc3oc4ccc(-c5cccc(C)c5-c5ccc6ccccc6c5C)cc4c23)=C\c2c(C)n1c1ccccc21. The first-order chi connectivity index (χ1) is 26.0. The topological polar surface area (TPSA) is 18.1 Å². The minimum atomic E-state index is 0.835. The van der Waals surface area contributed by atoms with Crippen LogP contribution in [0, 0.1) is 20.8 Å². The number of aromatic nitrogens is 1. The van der Waals surface area contributed by atoms with Crippen molar-refractivity contribution in [1.29, 1.82) is 0 Å². The van der Waals surface area contributed by atoms with Gasteiger partial charge in [-0.25, -0.2) is 0 Å². The van der Waals surface area contributed by atoms with Gasteiger partial charge in [0.1, 0.15) is 11.2 Å². The molecule has 1 aliphatic rings. The highest BCUT2D eigenvalue weighted by molar-refractivity contribution is 6.14. The Morgan fingerprint density at radius 1 is 0.604 bits per heavy atom. The van der Waals surface area contributed by atoms with E-state index in [4.69, 9.17) is 4.42 Å². The van der Waals surface area contributed by atoms with Gasteiger partial charge >= 0.3 is 0 Å². The van der Waals surface area contributed by atoms with Crippen LogP contribution in [0.5, 0.6) is 0 Å². The molecule has 0 radical (unpaired) electrons. The van der Waals surface area contributed by atoms with E-state index in [0.717, 1.165) is 39.5 Å². The molecule has 0 saturated carbocycles. The van der Waals surface area contributed by atoms with Crippen molar-refractivity contribution in [3.63, 3.8) is 0 Å². The van der Waals surface area contributed by atoms with Gasteiger partial charge in [-0.15, -0.1) is 0 Å². The van der Waals surface area contributed by atoms with Gasteiger partial charge in [-0.2, -0.15) is 0 Å². The van der Waals surface area contributed by atoms with E-state index in [2.05, 4.69) is 196 Å². The molecule has 0 N–H and O–H groups in total. The van der Waals surface area contributed by atoms with Crippen molar-refractivity contribution in [1.82, 2.24) is 4.57 Å². The van der Waals surface area contributed by atoms with Crippen molar-refractivity contribution in [2.75, 3.05) is 0 Å². The van der Waals surface area contributed by atoms with Gasteiger partial charge in [0.15, 0.2) is 0 Å². The molecule has 1 aliphatic heterocycles. The third kappa shape index (κ3) is 5.59. The van der Waals surface area contributed by atoms with Crippen molar-refractivity contribution in [3.05, 3.63) is 186 Å². The summed E-state index contributed by atoms with van der Waals surface area (Å²) in [5.74, 6) is 0. The van der Waals surface area contributed by atoms with Gasteiger partial charge in [0, 0.05) is 33.1 Å². The molecule has 0 atom stereocenters. The number of hydrogen-bond acceptors (Lipinski definition) is 1. The second-order valence-corrected chi connectivity index (χ2v) is 14.2. The summed E-state index contributed by atoms with van der Waals surface area (Å²) >= 11 is 0. The predicted molar refractivity (Wildman–Crippen MR) is 228 cm³/mol. The summed E-state index contributed by atoms with van der Waals surface area (Å²) in [5, 5.41) is 6.05. The Labute approximate surface area is 311 Å². The summed E-state index contributed by atoms with van der Waals surface area (Å²) in [6.07, 6.45) is 18.5. The van der Waals surface area contributed by atoms with Gasteiger partial charge in [0.25, 0.3) is 0 Å². The Bertz CT molecular complexity index is 2900. The molecule has 0 spiro atoms. The Morgan fingerprint density at radius 3 is 2.32 bits per heavy atom. The van der Waals surface area contributed by atoms with Gasteiger partial charge < -0.3 is 8.98 Å². The third-order valence-corrected chi connectivity index (χ3v) is 10.9. The fraction of sp³-hybridized carbons (Fsp3) is 0.0980. The molecule has 256 valence electrons. The van der Waals surface area contributed by atoms with Crippen LogP contribution < -0.4 is 0 Å². The van der Waals surface area contributed by atoms with E-state index in [9.17, 15) is 0 Å². The maximum Gasteiger partial charge on any atom is 0.136 e. The second kappa shape index (κ2) is 13.3. The molecule has 2 aromatic heterocycles. The van der Waals surface area contributed by atoms with Crippen LogP contribution >= 0.6 is 0 Å². The van der Waals surface area contributed by atoms with E-state index in [1.165, 1.54) is 72.0 Å². The Hall–Kier alpha value is -6.38. The molecule has 0 fully saturated rings. The zero-order chi connectivity index (χ0) is 36.1. The number of hydrogen-bond donors (Lipinski definition) is 0. The average molecular weight is 684 g/mol. The highest BCUT2D eigenvalue weighted by atomic mass is 16.3. The van der Waals surface area contributed by atoms with Gasteiger partial charge in [-0.3, -0.25) is 0 Å². The maximum atomic E-state index is 6.60. The number of nitrogens with zero attached hydrogens (tertiary/aromatic N) is 1. The number of benzene rings is 6. The number of aryl methyl sites for hydroxylation is 2. The molecule has 9 rings (SSSR count). The summed E-state index contributed by atoms with van der Waals surface area (Å²) in [4.78, 5) is 0. The van der Waals surface area contributed by atoms with Gasteiger partial charge in [-0.1, -0.05) is 127 Å².